The number of benzene rings is 1. The van der Waals surface area contributed by atoms with Crippen molar-refractivity contribution in [2.24, 2.45) is 0 Å². The Hall–Kier alpha value is -1.65. The molecule has 0 aliphatic rings. The summed E-state index contributed by atoms with van der Waals surface area (Å²) in [6, 6.07) is 11.3. The van der Waals surface area contributed by atoms with Gasteiger partial charge in [0.2, 0.25) is 0 Å². The van der Waals surface area contributed by atoms with Gasteiger partial charge in [-0.1, -0.05) is 18.2 Å². The summed E-state index contributed by atoms with van der Waals surface area (Å²) in [4.78, 5) is 7.08. The van der Waals surface area contributed by atoms with E-state index in [1.807, 2.05) is 18.2 Å². The Balaban J connectivity index is 2.08. The Bertz CT molecular complexity index is 671. The molecule has 2 aromatic heterocycles. The molecule has 0 aliphatic carbocycles. The van der Waals surface area contributed by atoms with Crippen LogP contribution in [0.1, 0.15) is 4.88 Å². The summed E-state index contributed by atoms with van der Waals surface area (Å²) in [6.45, 7) is 2.08. The molecule has 1 aromatic carbocycles. The van der Waals surface area contributed by atoms with Crippen molar-refractivity contribution in [3.8, 4) is 26.9 Å². The molecule has 90 valence electrons. The summed E-state index contributed by atoms with van der Waals surface area (Å²) in [6.07, 6.45) is 0. The third-order valence-corrected chi connectivity index (χ3v) is 4.54. The largest absolute Gasteiger partial charge is 0.508 e. The first-order chi connectivity index (χ1) is 8.74. The van der Waals surface area contributed by atoms with E-state index in [4.69, 9.17) is 0 Å². The maximum absolute atomic E-state index is 9.51. The fraction of sp³-hybridized carbons (Fsp3) is 0.0714. The number of aryl methyl sites for hydroxylation is 1. The van der Waals surface area contributed by atoms with E-state index in [2.05, 4.69) is 23.4 Å². The highest BCUT2D eigenvalue weighted by atomic mass is 32.1. The van der Waals surface area contributed by atoms with E-state index in [1.54, 1.807) is 34.8 Å². The Morgan fingerprint density at radius 2 is 2.06 bits per heavy atom. The molecule has 4 heteroatoms. The predicted molar refractivity (Wildman–Crippen MR) is 77.3 cm³/mol. The van der Waals surface area contributed by atoms with E-state index in [0.717, 1.165) is 16.3 Å². The zero-order chi connectivity index (χ0) is 12.5. The van der Waals surface area contributed by atoms with E-state index in [1.165, 1.54) is 9.75 Å². The van der Waals surface area contributed by atoms with Crippen LogP contribution in [-0.2, 0) is 0 Å². The molecular formula is C14H11NOS2. The first-order valence-electron chi connectivity index (χ1n) is 5.55. The van der Waals surface area contributed by atoms with Gasteiger partial charge in [0, 0.05) is 10.4 Å². The lowest BCUT2D eigenvalue weighted by Crippen LogP contribution is -1.77. The highest BCUT2D eigenvalue weighted by molar-refractivity contribution is 7.17. The van der Waals surface area contributed by atoms with Crippen LogP contribution in [0.5, 0.6) is 5.75 Å². The minimum atomic E-state index is 0.276. The van der Waals surface area contributed by atoms with Crippen LogP contribution in [0.15, 0.2) is 41.8 Å². The molecule has 18 heavy (non-hydrogen) atoms. The molecule has 2 nitrogen and oxygen atoms in total. The number of rotatable bonds is 2. The minimum Gasteiger partial charge on any atom is -0.508 e. The Labute approximate surface area is 113 Å². The third-order valence-electron chi connectivity index (χ3n) is 2.64. The summed E-state index contributed by atoms with van der Waals surface area (Å²) in [5, 5.41) is 12.5. The monoisotopic (exact) mass is 273 g/mol. The van der Waals surface area contributed by atoms with Gasteiger partial charge in [-0.15, -0.1) is 22.7 Å². The quantitative estimate of drug-likeness (QED) is 0.743. The molecule has 3 aromatic rings. The zero-order valence-electron chi connectivity index (χ0n) is 9.75. The Kier molecular flexibility index (Phi) is 2.89. The average molecular weight is 273 g/mol. The lowest BCUT2D eigenvalue weighted by Gasteiger charge is -1.96. The van der Waals surface area contributed by atoms with Crippen molar-refractivity contribution in [3.05, 3.63) is 46.7 Å². The van der Waals surface area contributed by atoms with Gasteiger partial charge in [0.1, 0.15) is 10.8 Å². The lowest BCUT2D eigenvalue weighted by atomic mass is 10.2. The van der Waals surface area contributed by atoms with Crippen molar-refractivity contribution >= 4 is 22.7 Å². The molecule has 3 rings (SSSR count). The smallest absolute Gasteiger partial charge is 0.124 e. The molecule has 0 unspecified atom stereocenters. The normalized spacial score (nSPS) is 10.7. The van der Waals surface area contributed by atoms with Gasteiger partial charge in [-0.3, -0.25) is 0 Å². The second kappa shape index (κ2) is 4.55. The van der Waals surface area contributed by atoms with Crippen molar-refractivity contribution < 1.29 is 5.11 Å². The maximum Gasteiger partial charge on any atom is 0.124 e. The molecule has 0 radical (unpaired) electrons. The number of hydrogen-bond donors (Lipinski definition) is 1. The first-order valence-corrected chi connectivity index (χ1v) is 7.24. The third kappa shape index (κ3) is 2.05. The molecule has 0 saturated carbocycles. The SMILES string of the molecule is Cc1sc(-c2cccc(O)c2)nc1-c1cccs1. The van der Waals surface area contributed by atoms with Crippen molar-refractivity contribution in [2.45, 2.75) is 6.92 Å². The molecule has 0 spiro atoms. The molecular weight excluding hydrogens is 262 g/mol. The summed E-state index contributed by atoms with van der Waals surface area (Å²) >= 11 is 3.36. The molecule has 0 fully saturated rings. The van der Waals surface area contributed by atoms with Crippen LogP contribution in [0.4, 0.5) is 0 Å². The van der Waals surface area contributed by atoms with Crippen LogP contribution in [-0.4, -0.2) is 10.1 Å². The lowest BCUT2D eigenvalue weighted by molar-refractivity contribution is 0.475. The van der Waals surface area contributed by atoms with Gasteiger partial charge in [-0.05, 0) is 30.5 Å². The van der Waals surface area contributed by atoms with Crippen LogP contribution >= 0.6 is 22.7 Å². The summed E-state index contributed by atoms with van der Waals surface area (Å²) in [7, 11) is 0. The van der Waals surface area contributed by atoms with Gasteiger partial charge in [-0.2, -0.15) is 0 Å². The van der Waals surface area contributed by atoms with Crippen LogP contribution in [0.2, 0.25) is 0 Å². The van der Waals surface area contributed by atoms with Gasteiger partial charge in [0.15, 0.2) is 0 Å². The van der Waals surface area contributed by atoms with Crippen molar-refractivity contribution in [2.75, 3.05) is 0 Å². The van der Waals surface area contributed by atoms with Crippen molar-refractivity contribution in [1.29, 1.82) is 0 Å². The van der Waals surface area contributed by atoms with Gasteiger partial charge >= 0.3 is 0 Å². The highest BCUT2D eigenvalue weighted by Gasteiger charge is 2.12. The van der Waals surface area contributed by atoms with Gasteiger partial charge < -0.3 is 5.11 Å². The van der Waals surface area contributed by atoms with E-state index >= 15 is 0 Å². The molecule has 0 aliphatic heterocycles. The fourth-order valence-corrected chi connectivity index (χ4v) is 3.56. The van der Waals surface area contributed by atoms with E-state index < -0.39 is 0 Å². The van der Waals surface area contributed by atoms with Crippen molar-refractivity contribution in [3.63, 3.8) is 0 Å². The van der Waals surface area contributed by atoms with Crippen molar-refractivity contribution in [1.82, 2.24) is 4.98 Å². The molecule has 0 bridgehead atoms. The number of phenolic OH excluding ortho intramolecular Hbond substituents is 1. The number of thiophene rings is 1. The topological polar surface area (TPSA) is 33.1 Å². The zero-order valence-corrected chi connectivity index (χ0v) is 11.4. The highest BCUT2D eigenvalue weighted by Crippen LogP contribution is 2.35. The van der Waals surface area contributed by atoms with Crippen LogP contribution in [0, 0.1) is 6.92 Å². The predicted octanol–water partition coefficient (Wildman–Crippen LogP) is 4.55. The van der Waals surface area contributed by atoms with E-state index in [-0.39, 0.29) is 5.75 Å². The minimum absolute atomic E-state index is 0.276. The van der Waals surface area contributed by atoms with Gasteiger partial charge in [0.05, 0.1) is 10.6 Å². The molecule has 0 amide bonds. The van der Waals surface area contributed by atoms with E-state index in [9.17, 15) is 5.11 Å². The Morgan fingerprint density at radius 1 is 1.17 bits per heavy atom. The summed E-state index contributed by atoms with van der Waals surface area (Å²) < 4.78 is 0. The number of nitrogens with zero attached hydrogens (tertiary/aromatic N) is 1. The molecule has 1 N–H and O–H groups in total. The van der Waals surface area contributed by atoms with Crippen LogP contribution < -0.4 is 0 Å². The van der Waals surface area contributed by atoms with Crippen LogP contribution in [0.25, 0.3) is 21.1 Å². The maximum atomic E-state index is 9.51. The number of phenols is 1. The number of hydrogen-bond acceptors (Lipinski definition) is 4. The second-order valence-electron chi connectivity index (χ2n) is 3.95. The van der Waals surface area contributed by atoms with Gasteiger partial charge in [-0.25, -0.2) is 4.98 Å². The first kappa shape index (κ1) is 11.4. The fourth-order valence-electron chi connectivity index (χ4n) is 1.80. The average Bonchev–Trinajstić information content (AvgIpc) is 2.97. The summed E-state index contributed by atoms with van der Waals surface area (Å²) in [5.41, 5.74) is 2.01. The molecule has 2 heterocycles. The molecule has 0 atom stereocenters. The summed E-state index contributed by atoms with van der Waals surface area (Å²) in [5.74, 6) is 0.276. The number of thiazole rings is 1. The number of aromatic hydroxyl groups is 1. The van der Waals surface area contributed by atoms with E-state index in [0.29, 0.717) is 0 Å². The van der Waals surface area contributed by atoms with Gasteiger partial charge in [0.25, 0.3) is 0 Å². The molecule has 0 saturated heterocycles. The second-order valence-corrected chi connectivity index (χ2v) is 6.10. The Morgan fingerprint density at radius 3 is 2.78 bits per heavy atom. The standard InChI is InChI=1S/C14H11NOS2/c1-9-13(12-6-3-7-17-12)15-14(18-9)10-4-2-5-11(16)8-10/h2-8,16H,1H3. The van der Waals surface area contributed by atoms with Crippen LogP contribution in [0.3, 0.4) is 0 Å². The number of aromatic nitrogens is 1.